The monoisotopic (exact) mass is 443 g/mol. The predicted molar refractivity (Wildman–Crippen MR) is 119 cm³/mol. The number of fused-ring (bicyclic) bond motifs is 1. The third kappa shape index (κ3) is 4.11. The van der Waals surface area contributed by atoms with Crippen molar-refractivity contribution < 1.29 is 9.53 Å². The molecule has 0 saturated heterocycles. The molecule has 30 heavy (non-hydrogen) atoms. The molecule has 9 heteroatoms. The van der Waals surface area contributed by atoms with Crippen LogP contribution in [0.3, 0.4) is 0 Å². The number of para-hydroxylation sites is 1. The Hall–Kier alpha value is -2.71. The van der Waals surface area contributed by atoms with Crippen LogP contribution < -0.4 is 15.5 Å². The molecule has 0 aliphatic carbocycles. The maximum absolute atomic E-state index is 13.2. The zero-order valence-electron chi connectivity index (χ0n) is 16.6. The summed E-state index contributed by atoms with van der Waals surface area (Å²) in [6, 6.07) is 14.7. The van der Waals surface area contributed by atoms with Crippen molar-refractivity contribution in [1.29, 1.82) is 0 Å². The van der Waals surface area contributed by atoms with Gasteiger partial charge in [-0.2, -0.15) is 0 Å². The lowest BCUT2D eigenvalue weighted by molar-refractivity contribution is -0.116. The zero-order chi connectivity index (χ0) is 21.1. The molecule has 1 aliphatic rings. The number of thioether (sulfide) groups is 1. The molecule has 0 bridgehead atoms. The number of amides is 1. The number of carbonyl (C=O) groups is 1. The van der Waals surface area contributed by atoms with E-state index < -0.39 is 5.25 Å². The van der Waals surface area contributed by atoms with Gasteiger partial charge in [-0.15, -0.1) is 10.2 Å². The molecule has 0 radical (unpaired) electrons. The van der Waals surface area contributed by atoms with E-state index in [1.807, 2.05) is 54.9 Å². The summed E-state index contributed by atoms with van der Waals surface area (Å²) in [4.78, 5) is 13.2. The van der Waals surface area contributed by atoms with Crippen molar-refractivity contribution >= 4 is 35.0 Å². The third-order valence-electron chi connectivity index (χ3n) is 4.76. The summed E-state index contributed by atoms with van der Waals surface area (Å²) in [6.45, 7) is 4.57. The molecule has 7 nitrogen and oxygen atoms in total. The molecule has 156 valence electrons. The summed E-state index contributed by atoms with van der Waals surface area (Å²) in [5, 5.41) is 12.1. The van der Waals surface area contributed by atoms with Crippen molar-refractivity contribution in [3.8, 4) is 5.75 Å². The summed E-state index contributed by atoms with van der Waals surface area (Å²) in [7, 11) is 0. The van der Waals surface area contributed by atoms with Crippen LogP contribution in [0.5, 0.6) is 5.75 Å². The van der Waals surface area contributed by atoms with Gasteiger partial charge >= 0.3 is 0 Å². The minimum absolute atomic E-state index is 0.160. The topological polar surface area (TPSA) is 81.1 Å². The van der Waals surface area contributed by atoms with Crippen molar-refractivity contribution in [3.63, 3.8) is 0 Å². The maximum Gasteiger partial charge on any atom is 0.240 e. The molecule has 2 N–H and O–H groups in total. The first-order valence-electron chi connectivity index (χ1n) is 9.76. The average molecular weight is 444 g/mol. The molecular weight excluding hydrogens is 422 g/mol. The van der Waals surface area contributed by atoms with Gasteiger partial charge in [-0.1, -0.05) is 54.6 Å². The fraction of sp³-hybridized carbons (Fsp3) is 0.286. The summed E-state index contributed by atoms with van der Waals surface area (Å²) < 4.78 is 7.42. The number of hydrogen-bond donors (Lipinski definition) is 2. The van der Waals surface area contributed by atoms with Gasteiger partial charge in [-0.25, -0.2) is 4.68 Å². The lowest BCUT2D eigenvalue weighted by atomic mass is 10.0. The molecule has 1 aromatic heterocycles. The zero-order valence-corrected chi connectivity index (χ0v) is 18.2. The van der Waals surface area contributed by atoms with E-state index in [1.54, 1.807) is 12.1 Å². The quantitative estimate of drug-likeness (QED) is 0.591. The molecule has 0 unspecified atom stereocenters. The van der Waals surface area contributed by atoms with Gasteiger partial charge in [-0.3, -0.25) is 4.79 Å². The molecule has 2 atom stereocenters. The van der Waals surface area contributed by atoms with Crippen molar-refractivity contribution in [2.75, 3.05) is 17.3 Å². The highest BCUT2D eigenvalue weighted by atomic mass is 35.5. The van der Waals surface area contributed by atoms with Crippen molar-refractivity contribution in [3.05, 3.63) is 64.9 Å². The Kier molecular flexibility index (Phi) is 6.15. The van der Waals surface area contributed by atoms with E-state index in [4.69, 9.17) is 16.3 Å². The summed E-state index contributed by atoms with van der Waals surface area (Å²) >= 11 is 7.62. The van der Waals surface area contributed by atoms with Crippen LogP contribution >= 0.6 is 23.4 Å². The van der Waals surface area contributed by atoms with E-state index in [2.05, 4.69) is 20.9 Å². The smallest absolute Gasteiger partial charge is 0.240 e. The maximum atomic E-state index is 13.2. The molecule has 1 amide bonds. The van der Waals surface area contributed by atoms with Gasteiger partial charge in [0.15, 0.2) is 5.82 Å². The lowest BCUT2D eigenvalue weighted by Gasteiger charge is -2.33. The van der Waals surface area contributed by atoms with Gasteiger partial charge in [0.25, 0.3) is 0 Å². The van der Waals surface area contributed by atoms with E-state index >= 15 is 0 Å². The van der Waals surface area contributed by atoms with Gasteiger partial charge in [0.05, 0.1) is 23.4 Å². The van der Waals surface area contributed by atoms with Gasteiger partial charge in [-0.05, 0) is 36.8 Å². The standard InChI is InChI=1S/C21H22ClN5O2S/c1-3-17-24-25-21-27(17)26-18(13-9-11-14(12-10-13)29-4-2)19(30-21)20(28)23-16-8-6-5-7-15(16)22/h5-12,18-19,26H,3-4H2,1-2H3,(H,23,28)/t18-,19+/m1/s1. The highest BCUT2D eigenvalue weighted by Gasteiger charge is 2.37. The van der Waals surface area contributed by atoms with Crippen LogP contribution in [0.1, 0.15) is 31.3 Å². The number of ether oxygens (including phenoxy) is 1. The van der Waals surface area contributed by atoms with E-state index in [0.29, 0.717) is 22.5 Å². The highest BCUT2D eigenvalue weighted by Crippen LogP contribution is 2.38. The van der Waals surface area contributed by atoms with Gasteiger partial charge in [0.2, 0.25) is 11.1 Å². The van der Waals surface area contributed by atoms with Gasteiger partial charge in [0, 0.05) is 6.42 Å². The molecule has 1 aliphatic heterocycles. The Labute approximate surface area is 184 Å². The fourth-order valence-corrected chi connectivity index (χ4v) is 4.56. The first kappa shape index (κ1) is 20.6. The Balaban J connectivity index is 1.66. The number of aromatic nitrogens is 3. The molecule has 2 heterocycles. The number of halogens is 1. The minimum atomic E-state index is -0.472. The van der Waals surface area contributed by atoms with Crippen LogP contribution in [0.25, 0.3) is 0 Å². The molecule has 0 fully saturated rings. The Morgan fingerprint density at radius 3 is 2.67 bits per heavy atom. The number of aryl methyl sites for hydroxylation is 1. The normalized spacial score (nSPS) is 17.7. The van der Waals surface area contributed by atoms with E-state index in [-0.39, 0.29) is 11.9 Å². The lowest BCUT2D eigenvalue weighted by Crippen LogP contribution is -2.41. The number of nitrogens with zero attached hydrogens (tertiary/aromatic N) is 3. The largest absolute Gasteiger partial charge is 0.494 e. The Morgan fingerprint density at radius 2 is 1.97 bits per heavy atom. The molecule has 2 aromatic carbocycles. The first-order chi connectivity index (χ1) is 14.6. The van der Waals surface area contributed by atoms with E-state index in [0.717, 1.165) is 23.6 Å². The van der Waals surface area contributed by atoms with Crippen molar-refractivity contribution in [1.82, 2.24) is 14.9 Å². The number of hydrogen-bond acceptors (Lipinski definition) is 6. The number of anilines is 1. The number of nitrogens with one attached hydrogen (secondary N) is 2. The molecule has 4 rings (SSSR count). The second kappa shape index (κ2) is 8.97. The van der Waals surface area contributed by atoms with Crippen LogP contribution in [-0.2, 0) is 11.2 Å². The van der Waals surface area contributed by atoms with Crippen molar-refractivity contribution in [2.45, 2.75) is 36.7 Å². The first-order valence-corrected chi connectivity index (χ1v) is 11.0. The van der Waals surface area contributed by atoms with E-state index in [1.165, 1.54) is 11.8 Å². The van der Waals surface area contributed by atoms with Crippen LogP contribution in [0, 0.1) is 0 Å². The fourth-order valence-electron chi connectivity index (χ4n) is 3.28. The Morgan fingerprint density at radius 1 is 1.20 bits per heavy atom. The summed E-state index contributed by atoms with van der Waals surface area (Å²) in [6.07, 6.45) is 0.729. The van der Waals surface area contributed by atoms with Crippen LogP contribution in [0.4, 0.5) is 5.69 Å². The number of benzene rings is 2. The SMILES string of the molecule is CCOc1ccc([C@H]2Nn3c(CC)nnc3S[C@@H]2C(=O)Nc2ccccc2Cl)cc1. The molecule has 0 saturated carbocycles. The second-order valence-corrected chi connectivity index (χ2v) is 8.22. The second-order valence-electron chi connectivity index (χ2n) is 6.70. The highest BCUT2D eigenvalue weighted by molar-refractivity contribution is 8.00. The van der Waals surface area contributed by atoms with Crippen LogP contribution in [-0.4, -0.2) is 32.6 Å². The summed E-state index contributed by atoms with van der Waals surface area (Å²) in [5.41, 5.74) is 4.98. The molecular formula is C21H22ClN5O2S. The Bertz CT molecular complexity index is 1040. The minimum Gasteiger partial charge on any atom is -0.494 e. The average Bonchev–Trinajstić information content (AvgIpc) is 3.17. The van der Waals surface area contributed by atoms with Crippen molar-refractivity contribution in [2.24, 2.45) is 0 Å². The van der Waals surface area contributed by atoms with Gasteiger partial charge < -0.3 is 15.5 Å². The number of rotatable bonds is 6. The molecule has 0 spiro atoms. The van der Waals surface area contributed by atoms with Crippen LogP contribution in [0.2, 0.25) is 5.02 Å². The van der Waals surface area contributed by atoms with Crippen LogP contribution in [0.15, 0.2) is 53.7 Å². The van der Waals surface area contributed by atoms with E-state index in [9.17, 15) is 4.79 Å². The predicted octanol–water partition coefficient (Wildman–Crippen LogP) is 4.29. The third-order valence-corrected chi connectivity index (χ3v) is 6.31. The number of carbonyl (C=O) groups excluding carboxylic acids is 1. The summed E-state index contributed by atoms with van der Waals surface area (Å²) in [5.74, 6) is 1.45. The van der Waals surface area contributed by atoms with Gasteiger partial charge in [0.1, 0.15) is 11.0 Å². The molecule has 3 aromatic rings.